The van der Waals surface area contributed by atoms with Crippen LogP contribution in [0.4, 0.5) is 0 Å². The highest BCUT2D eigenvalue weighted by Gasteiger charge is 2.37. The maximum atomic E-state index is 11.3. The summed E-state index contributed by atoms with van der Waals surface area (Å²) >= 11 is 6.07. The quantitative estimate of drug-likeness (QED) is 0.847. The Morgan fingerprint density at radius 1 is 1.21 bits per heavy atom. The van der Waals surface area contributed by atoms with Gasteiger partial charge in [0, 0.05) is 5.02 Å². The van der Waals surface area contributed by atoms with Crippen molar-refractivity contribution in [1.29, 1.82) is 0 Å². The van der Waals surface area contributed by atoms with Crippen LogP contribution in [-0.4, -0.2) is 15.5 Å². The maximum absolute atomic E-state index is 11.3. The Balaban J connectivity index is 1.61. The number of methoxy groups -OCH3 is 1. The van der Waals surface area contributed by atoms with E-state index in [9.17, 15) is 8.42 Å². The Hall–Kier alpha value is -1.56. The number of nitrogens with two attached hydrogens (primary N) is 1. The smallest absolute Gasteiger partial charge is 0.238 e. The molecule has 2 N–H and O–H groups in total. The monoisotopic (exact) mass is 365 g/mol. The molecule has 1 aliphatic carbocycles. The number of aryl methyl sites for hydroxylation is 1. The first-order valence-electron chi connectivity index (χ1n) is 7.83. The molecule has 0 spiro atoms. The standard InChI is InChI=1S/C18H20ClNO3S/c1-23-18-9-6-15(19)10-14(18)3-2-13-11-17(13)12-4-7-16(8-5-12)24(20,21)22/h4-10,13,17H,2-3,11H2,1H3,(H2,20,21,22). The molecule has 3 rings (SSSR count). The Bertz CT molecular complexity index is 834. The zero-order chi connectivity index (χ0) is 17.3. The Morgan fingerprint density at radius 2 is 1.92 bits per heavy atom. The third kappa shape index (κ3) is 3.91. The molecule has 6 heteroatoms. The molecule has 24 heavy (non-hydrogen) atoms. The number of hydrogen-bond acceptors (Lipinski definition) is 3. The van der Waals surface area contributed by atoms with Crippen molar-refractivity contribution in [3.05, 3.63) is 58.6 Å². The first-order chi connectivity index (χ1) is 11.4. The number of sulfonamides is 1. The summed E-state index contributed by atoms with van der Waals surface area (Å²) in [4.78, 5) is 0.159. The van der Waals surface area contributed by atoms with Gasteiger partial charge in [0.15, 0.2) is 0 Å². The minimum atomic E-state index is -3.62. The fourth-order valence-corrected chi connectivity index (χ4v) is 3.87. The highest BCUT2D eigenvalue weighted by Crippen LogP contribution is 2.50. The summed E-state index contributed by atoms with van der Waals surface area (Å²) in [5, 5.41) is 5.85. The third-order valence-electron chi connectivity index (χ3n) is 4.59. The second-order valence-corrected chi connectivity index (χ2v) is 8.21. The van der Waals surface area contributed by atoms with Crippen LogP contribution in [0.5, 0.6) is 5.75 Å². The van der Waals surface area contributed by atoms with Gasteiger partial charge in [-0.1, -0.05) is 23.7 Å². The van der Waals surface area contributed by atoms with Gasteiger partial charge in [0.05, 0.1) is 12.0 Å². The molecule has 4 nitrogen and oxygen atoms in total. The third-order valence-corrected chi connectivity index (χ3v) is 5.75. The number of hydrogen-bond donors (Lipinski definition) is 1. The van der Waals surface area contributed by atoms with Crippen LogP contribution in [-0.2, 0) is 16.4 Å². The number of rotatable bonds is 6. The summed E-state index contributed by atoms with van der Waals surface area (Å²) < 4.78 is 28.0. The van der Waals surface area contributed by atoms with Crippen molar-refractivity contribution in [3.63, 3.8) is 0 Å². The molecule has 128 valence electrons. The molecule has 0 saturated heterocycles. The molecule has 0 radical (unpaired) electrons. The molecule has 2 atom stereocenters. The lowest BCUT2D eigenvalue weighted by atomic mass is 10.0. The highest BCUT2D eigenvalue weighted by atomic mass is 35.5. The fourth-order valence-electron chi connectivity index (χ4n) is 3.16. The topological polar surface area (TPSA) is 69.4 Å². The van der Waals surface area contributed by atoms with Gasteiger partial charge in [-0.15, -0.1) is 0 Å². The van der Waals surface area contributed by atoms with Gasteiger partial charge in [-0.25, -0.2) is 13.6 Å². The van der Waals surface area contributed by atoms with Gasteiger partial charge in [0.1, 0.15) is 5.75 Å². The van der Waals surface area contributed by atoms with E-state index in [0.717, 1.165) is 35.6 Å². The summed E-state index contributed by atoms with van der Waals surface area (Å²) in [7, 11) is -1.96. The van der Waals surface area contributed by atoms with Crippen LogP contribution in [0.3, 0.4) is 0 Å². The molecule has 2 aromatic rings. The van der Waals surface area contributed by atoms with Crippen LogP contribution in [0.2, 0.25) is 5.02 Å². The number of benzene rings is 2. The van der Waals surface area contributed by atoms with Crippen molar-refractivity contribution in [2.45, 2.75) is 30.1 Å². The van der Waals surface area contributed by atoms with E-state index < -0.39 is 10.0 Å². The normalized spacial score (nSPS) is 20.0. The predicted molar refractivity (Wildman–Crippen MR) is 95.0 cm³/mol. The minimum absolute atomic E-state index is 0.159. The lowest BCUT2D eigenvalue weighted by Crippen LogP contribution is -2.11. The molecular formula is C18H20ClNO3S. The SMILES string of the molecule is COc1ccc(Cl)cc1CCC1CC1c1ccc(S(N)(=O)=O)cc1. The van der Waals surface area contributed by atoms with Crippen LogP contribution in [0.1, 0.15) is 29.9 Å². The van der Waals surface area contributed by atoms with Crippen LogP contribution in [0, 0.1) is 5.92 Å². The molecular weight excluding hydrogens is 346 g/mol. The molecule has 0 heterocycles. The number of primary sulfonamides is 1. The lowest BCUT2D eigenvalue weighted by Gasteiger charge is -2.09. The summed E-state index contributed by atoms with van der Waals surface area (Å²) in [5.74, 6) is 1.97. The molecule has 0 aliphatic heterocycles. The van der Waals surface area contributed by atoms with Gasteiger partial charge >= 0.3 is 0 Å². The van der Waals surface area contributed by atoms with E-state index in [0.29, 0.717) is 11.8 Å². The average Bonchev–Trinajstić information content (AvgIpc) is 3.32. The molecule has 0 aromatic heterocycles. The molecule has 1 saturated carbocycles. The minimum Gasteiger partial charge on any atom is -0.496 e. The van der Waals surface area contributed by atoms with Gasteiger partial charge in [0.2, 0.25) is 10.0 Å². The van der Waals surface area contributed by atoms with Crippen LogP contribution in [0.25, 0.3) is 0 Å². The summed E-state index contributed by atoms with van der Waals surface area (Å²) in [5.41, 5.74) is 2.30. The predicted octanol–water partition coefficient (Wildman–Crippen LogP) is 3.73. The van der Waals surface area contributed by atoms with Gasteiger partial charge in [-0.2, -0.15) is 0 Å². The second-order valence-electron chi connectivity index (χ2n) is 6.21. The van der Waals surface area contributed by atoms with E-state index in [1.54, 1.807) is 19.2 Å². The van der Waals surface area contributed by atoms with Crippen LogP contribution >= 0.6 is 11.6 Å². The highest BCUT2D eigenvalue weighted by molar-refractivity contribution is 7.89. The molecule has 1 aliphatic rings. The second kappa shape index (κ2) is 6.75. The lowest BCUT2D eigenvalue weighted by molar-refractivity contribution is 0.408. The van der Waals surface area contributed by atoms with Crippen LogP contribution in [0.15, 0.2) is 47.4 Å². The van der Waals surface area contributed by atoms with E-state index in [-0.39, 0.29) is 4.90 Å². The Morgan fingerprint density at radius 3 is 2.54 bits per heavy atom. The number of halogens is 1. The van der Waals surface area contributed by atoms with Gasteiger partial charge in [0.25, 0.3) is 0 Å². The first-order valence-corrected chi connectivity index (χ1v) is 9.76. The summed E-state index contributed by atoms with van der Waals surface area (Å²) in [6.07, 6.45) is 3.09. The van der Waals surface area contributed by atoms with Gasteiger partial charge in [-0.3, -0.25) is 0 Å². The van der Waals surface area contributed by atoms with Crippen molar-refractivity contribution in [2.75, 3.05) is 7.11 Å². The van der Waals surface area contributed by atoms with Crippen molar-refractivity contribution in [1.82, 2.24) is 0 Å². The fraction of sp³-hybridized carbons (Fsp3) is 0.333. The van der Waals surface area contributed by atoms with Gasteiger partial charge in [-0.05, 0) is 72.6 Å². The molecule has 0 amide bonds. The molecule has 2 aromatic carbocycles. The van der Waals surface area contributed by atoms with E-state index in [4.69, 9.17) is 21.5 Å². The van der Waals surface area contributed by atoms with Gasteiger partial charge < -0.3 is 4.74 Å². The largest absolute Gasteiger partial charge is 0.496 e. The molecule has 1 fully saturated rings. The summed E-state index contributed by atoms with van der Waals surface area (Å²) in [6.45, 7) is 0. The number of ether oxygens (including phenoxy) is 1. The van der Waals surface area contributed by atoms with Crippen molar-refractivity contribution >= 4 is 21.6 Å². The zero-order valence-corrected chi connectivity index (χ0v) is 15.0. The van der Waals surface area contributed by atoms with Crippen molar-refractivity contribution < 1.29 is 13.2 Å². The molecule has 2 unspecified atom stereocenters. The van der Waals surface area contributed by atoms with Crippen LogP contribution < -0.4 is 9.88 Å². The van der Waals surface area contributed by atoms with E-state index >= 15 is 0 Å². The van der Waals surface area contributed by atoms with E-state index in [1.165, 1.54) is 5.56 Å². The maximum Gasteiger partial charge on any atom is 0.238 e. The average molecular weight is 366 g/mol. The Kier molecular flexibility index (Phi) is 4.85. The zero-order valence-electron chi connectivity index (χ0n) is 13.4. The van der Waals surface area contributed by atoms with Crippen molar-refractivity contribution in [3.8, 4) is 5.75 Å². The Labute approximate surface area is 147 Å². The van der Waals surface area contributed by atoms with Crippen molar-refractivity contribution in [2.24, 2.45) is 11.1 Å². The van der Waals surface area contributed by atoms with E-state index in [2.05, 4.69) is 0 Å². The summed E-state index contributed by atoms with van der Waals surface area (Å²) in [6, 6.07) is 12.6. The first kappa shape index (κ1) is 17.3. The van der Waals surface area contributed by atoms with E-state index in [1.807, 2.05) is 30.3 Å². The molecule has 0 bridgehead atoms.